The summed E-state index contributed by atoms with van der Waals surface area (Å²) in [5.74, 6) is 5.96. The van der Waals surface area contributed by atoms with Crippen molar-refractivity contribution in [1.82, 2.24) is 9.88 Å². The van der Waals surface area contributed by atoms with Gasteiger partial charge in [-0.1, -0.05) is 0 Å². The molecular weight excluding hydrogens is 230 g/mol. The molecule has 0 aromatic carbocycles. The quantitative estimate of drug-likeness (QED) is 0.521. The number of nitrogens with one attached hydrogen (secondary N) is 1. The molecule has 3 N–H and O–H groups in total. The molecule has 0 saturated heterocycles. The van der Waals surface area contributed by atoms with Gasteiger partial charge in [-0.05, 0) is 17.7 Å². The third-order valence-corrected chi connectivity index (χ3v) is 2.53. The lowest BCUT2D eigenvalue weighted by molar-refractivity contribution is 0.145. The number of hydrogen-bond acceptors (Lipinski definition) is 6. The normalized spacial score (nSPS) is 10.3. The number of pyridine rings is 1. The number of hydrazine groups is 1. The Labute approximate surface area is 107 Å². The summed E-state index contributed by atoms with van der Waals surface area (Å²) in [6, 6.07) is 5.99. The highest BCUT2D eigenvalue weighted by Gasteiger charge is 2.06. The smallest absolute Gasteiger partial charge is 0.140 e. The van der Waals surface area contributed by atoms with Crippen molar-refractivity contribution in [1.29, 1.82) is 5.26 Å². The molecule has 1 rings (SSSR count). The van der Waals surface area contributed by atoms with Crippen LogP contribution in [0.5, 0.6) is 0 Å². The molecule has 1 aromatic rings. The summed E-state index contributed by atoms with van der Waals surface area (Å²) in [6.45, 7) is 2.93. The molecule has 1 aromatic heterocycles. The standard InChI is InChI=1S/C12H19N5O/c1-18-8-7-17(6-2-4-13)10-11-3-5-15-12(9-11)16-14/h3,5,9H,2,6-8,10,14H2,1H3,(H,15,16). The van der Waals surface area contributed by atoms with Crippen molar-refractivity contribution in [3.8, 4) is 6.07 Å². The highest BCUT2D eigenvalue weighted by atomic mass is 16.5. The van der Waals surface area contributed by atoms with E-state index in [0.29, 0.717) is 18.8 Å². The summed E-state index contributed by atoms with van der Waals surface area (Å²) in [6.07, 6.45) is 2.22. The van der Waals surface area contributed by atoms with Gasteiger partial charge < -0.3 is 10.2 Å². The predicted octanol–water partition coefficient (Wildman–Crippen LogP) is 0.729. The van der Waals surface area contributed by atoms with Crippen molar-refractivity contribution in [3.05, 3.63) is 23.9 Å². The molecule has 0 aliphatic rings. The van der Waals surface area contributed by atoms with Crippen molar-refractivity contribution in [2.75, 3.05) is 32.2 Å². The average Bonchev–Trinajstić information content (AvgIpc) is 2.42. The Balaban J connectivity index is 2.59. The van der Waals surface area contributed by atoms with E-state index in [1.165, 1.54) is 0 Å². The molecular formula is C12H19N5O. The Bertz CT molecular complexity index is 390. The number of rotatable bonds is 8. The molecule has 98 valence electrons. The minimum absolute atomic E-state index is 0.511. The lowest BCUT2D eigenvalue weighted by atomic mass is 10.2. The Morgan fingerprint density at radius 2 is 2.39 bits per heavy atom. The molecule has 0 radical (unpaired) electrons. The predicted molar refractivity (Wildman–Crippen MR) is 69.4 cm³/mol. The van der Waals surface area contributed by atoms with Crippen molar-refractivity contribution in [3.63, 3.8) is 0 Å². The number of aromatic nitrogens is 1. The fourth-order valence-electron chi connectivity index (χ4n) is 1.61. The zero-order chi connectivity index (χ0) is 13.2. The summed E-state index contributed by atoms with van der Waals surface area (Å²) in [5.41, 5.74) is 3.62. The van der Waals surface area contributed by atoms with E-state index in [1.807, 2.05) is 12.1 Å². The van der Waals surface area contributed by atoms with Gasteiger partial charge >= 0.3 is 0 Å². The topological polar surface area (TPSA) is 87.2 Å². The van der Waals surface area contributed by atoms with E-state index < -0.39 is 0 Å². The summed E-state index contributed by atoms with van der Waals surface area (Å²) >= 11 is 0. The lowest BCUT2D eigenvalue weighted by Crippen LogP contribution is -2.28. The Kier molecular flexibility index (Phi) is 6.72. The van der Waals surface area contributed by atoms with Gasteiger partial charge in [0.25, 0.3) is 0 Å². The lowest BCUT2D eigenvalue weighted by Gasteiger charge is -2.20. The molecule has 0 atom stereocenters. The minimum Gasteiger partial charge on any atom is -0.383 e. The highest BCUT2D eigenvalue weighted by molar-refractivity contribution is 5.35. The van der Waals surface area contributed by atoms with Crippen LogP contribution in [0.3, 0.4) is 0 Å². The summed E-state index contributed by atoms with van der Waals surface area (Å²) in [7, 11) is 1.67. The van der Waals surface area contributed by atoms with E-state index in [1.54, 1.807) is 13.3 Å². The van der Waals surface area contributed by atoms with Gasteiger partial charge in [-0.15, -0.1) is 0 Å². The molecule has 0 aliphatic heterocycles. The molecule has 0 saturated carbocycles. The second-order valence-corrected chi connectivity index (χ2v) is 3.87. The van der Waals surface area contributed by atoms with E-state index in [4.69, 9.17) is 15.8 Å². The molecule has 6 heteroatoms. The summed E-state index contributed by atoms with van der Waals surface area (Å²) in [5, 5.41) is 8.64. The molecule has 0 spiro atoms. The number of nitrogens with two attached hydrogens (primary N) is 1. The fourth-order valence-corrected chi connectivity index (χ4v) is 1.61. The molecule has 0 aliphatic carbocycles. The van der Waals surface area contributed by atoms with Crippen molar-refractivity contribution in [2.24, 2.45) is 5.84 Å². The zero-order valence-corrected chi connectivity index (χ0v) is 10.6. The third kappa shape index (κ3) is 5.10. The van der Waals surface area contributed by atoms with Crippen molar-refractivity contribution < 1.29 is 4.74 Å². The van der Waals surface area contributed by atoms with Crippen LogP contribution in [0.1, 0.15) is 12.0 Å². The van der Waals surface area contributed by atoms with Crippen LogP contribution in [0.25, 0.3) is 0 Å². The monoisotopic (exact) mass is 249 g/mol. The third-order valence-electron chi connectivity index (χ3n) is 2.53. The molecule has 0 fully saturated rings. The van der Waals surface area contributed by atoms with E-state index >= 15 is 0 Å². The van der Waals surface area contributed by atoms with E-state index in [9.17, 15) is 0 Å². The van der Waals surface area contributed by atoms with Crippen LogP contribution in [0.4, 0.5) is 5.82 Å². The molecule has 0 bridgehead atoms. The van der Waals surface area contributed by atoms with Gasteiger partial charge in [0.2, 0.25) is 0 Å². The van der Waals surface area contributed by atoms with Crippen molar-refractivity contribution in [2.45, 2.75) is 13.0 Å². The van der Waals surface area contributed by atoms with Crippen LogP contribution in [-0.4, -0.2) is 36.7 Å². The maximum atomic E-state index is 8.64. The number of methoxy groups -OCH3 is 1. The number of hydrogen-bond donors (Lipinski definition) is 2. The molecule has 0 unspecified atom stereocenters. The van der Waals surface area contributed by atoms with Gasteiger partial charge in [0.1, 0.15) is 5.82 Å². The molecule has 6 nitrogen and oxygen atoms in total. The van der Waals surface area contributed by atoms with Gasteiger partial charge in [0.15, 0.2) is 0 Å². The first-order valence-corrected chi connectivity index (χ1v) is 5.80. The Morgan fingerprint density at radius 1 is 1.56 bits per heavy atom. The van der Waals surface area contributed by atoms with Gasteiger partial charge in [0, 0.05) is 39.4 Å². The second-order valence-electron chi connectivity index (χ2n) is 3.87. The van der Waals surface area contributed by atoms with Crippen LogP contribution in [0.15, 0.2) is 18.3 Å². The van der Waals surface area contributed by atoms with Gasteiger partial charge in [-0.2, -0.15) is 5.26 Å². The number of nitriles is 1. The number of nitrogen functional groups attached to an aromatic ring is 1. The van der Waals surface area contributed by atoms with E-state index in [0.717, 1.165) is 25.2 Å². The largest absolute Gasteiger partial charge is 0.383 e. The van der Waals surface area contributed by atoms with Crippen LogP contribution in [-0.2, 0) is 11.3 Å². The first-order valence-electron chi connectivity index (χ1n) is 5.80. The maximum absolute atomic E-state index is 8.64. The van der Waals surface area contributed by atoms with E-state index in [-0.39, 0.29) is 0 Å². The minimum atomic E-state index is 0.511. The number of anilines is 1. The maximum Gasteiger partial charge on any atom is 0.140 e. The van der Waals surface area contributed by atoms with Gasteiger partial charge in [-0.25, -0.2) is 10.8 Å². The average molecular weight is 249 g/mol. The first kappa shape index (κ1) is 14.4. The van der Waals surface area contributed by atoms with E-state index in [2.05, 4.69) is 21.4 Å². The fraction of sp³-hybridized carbons (Fsp3) is 0.500. The van der Waals surface area contributed by atoms with Crippen LogP contribution in [0, 0.1) is 11.3 Å². The highest BCUT2D eigenvalue weighted by Crippen LogP contribution is 2.09. The Hall–Kier alpha value is -1.68. The van der Waals surface area contributed by atoms with Gasteiger partial charge in [0.05, 0.1) is 12.7 Å². The SMILES string of the molecule is COCCN(CCC#N)Cc1ccnc(NN)c1. The Morgan fingerprint density at radius 3 is 3.06 bits per heavy atom. The van der Waals surface area contributed by atoms with Crippen LogP contribution in [0.2, 0.25) is 0 Å². The first-order chi connectivity index (χ1) is 8.80. The van der Waals surface area contributed by atoms with Crippen LogP contribution >= 0.6 is 0 Å². The van der Waals surface area contributed by atoms with Crippen LogP contribution < -0.4 is 11.3 Å². The summed E-state index contributed by atoms with van der Waals surface area (Å²) < 4.78 is 5.07. The van der Waals surface area contributed by atoms with Crippen molar-refractivity contribution >= 4 is 5.82 Å². The van der Waals surface area contributed by atoms with Gasteiger partial charge in [-0.3, -0.25) is 4.90 Å². The molecule has 1 heterocycles. The summed E-state index contributed by atoms with van der Waals surface area (Å²) in [4.78, 5) is 6.23. The number of nitrogens with zero attached hydrogens (tertiary/aromatic N) is 3. The molecule has 0 amide bonds. The number of ether oxygens (including phenoxy) is 1. The zero-order valence-electron chi connectivity index (χ0n) is 10.6. The molecule has 18 heavy (non-hydrogen) atoms. The second kappa shape index (κ2) is 8.42.